The zero-order chi connectivity index (χ0) is 19.9. The molecule has 0 saturated carbocycles. The Morgan fingerprint density at radius 1 is 0.857 bits per heavy atom. The predicted octanol–water partition coefficient (Wildman–Crippen LogP) is 3.86. The minimum atomic E-state index is -0.309. The molecule has 146 valence electrons. The minimum Gasteiger partial charge on any atom is -0.334 e. The fourth-order valence-corrected chi connectivity index (χ4v) is 3.69. The predicted molar refractivity (Wildman–Crippen MR) is 112 cm³/mol. The van der Waals surface area contributed by atoms with Gasteiger partial charge in [-0.25, -0.2) is 19.6 Å². The second-order valence-corrected chi connectivity index (χ2v) is 7.74. The van der Waals surface area contributed by atoms with E-state index in [9.17, 15) is 9.59 Å². The summed E-state index contributed by atoms with van der Waals surface area (Å²) in [6, 6.07) is 7.03. The maximum Gasteiger partial charge on any atom is 0.321 e. The first-order chi connectivity index (χ1) is 13.5. The molecule has 0 aliphatic heterocycles. The van der Waals surface area contributed by atoms with Gasteiger partial charge < -0.3 is 10.6 Å². The van der Waals surface area contributed by atoms with Gasteiger partial charge in [0.1, 0.15) is 0 Å². The van der Waals surface area contributed by atoms with Gasteiger partial charge in [0.25, 0.3) is 0 Å². The third-order valence-electron chi connectivity index (χ3n) is 3.58. The van der Waals surface area contributed by atoms with E-state index in [1.165, 1.54) is 22.7 Å². The van der Waals surface area contributed by atoms with Crippen molar-refractivity contribution >= 4 is 45.0 Å². The summed E-state index contributed by atoms with van der Waals surface area (Å²) in [6.07, 6.45) is 0. The number of urea groups is 2. The molecule has 10 heteroatoms. The Morgan fingerprint density at radius 2 is 1.32 bits per heavy atom. The molecule has 0 spiro atoms. The normalized spacial score (nSPS) is 10.4. The van der Waals surface area contributed by atoms with E-state index in [-0.39, 0.29) is 12.1 Å². The van der Waals surface area contributed by atoms with Crippen LogP contribution in [0.3, 0.4) is 0 Å². The van der Waals surface area contributed by atoms with Crippen molar-refractivity contribution < 1.29 is 9.59 Å². The Balaban J connectivity index is 1.45. The second kappa shape index (κ2) is 9.29. The van der Waals surface area contributed by atoms with Gasteiger partial charge in [-0.1, -0.05) is 24.3 Å². The van der Waals surface area contributed by atoms with Crippen molar-refractivity contribution in [2.75, 3.05) is 10.6 Å². The van der Waals surface area contributed by atoms with E-state index in [0.29, 0.717) is 23.4 Å². The number of rotatable bonds is 6. The van der Waals surface area contributed by atoms with Crippen LogP contribution in [0.1, 0.15) is 22.5 Å². The molecule has 1 aromatic carbocycles. The molecule has 0 unspecified atom stereocenters. The molecular weight excluding hydrogens is 396 g/mol. The van der Waals surface area contributed by atoms with Gasteiger partial charge in [0.05, 0.1) is 11.4 Å². The number of thiazole rings is 2. The largest absolute Gasteiger partial charge is 0.334 e. The standard InChI is InChI=1S/C18H20N6O2S2/c1-11-9-27-17(21-11)23-15(25)19-7-13-4-3-5-14(6-13)8-20-16(26)24-18-22-12(2)10-28-18/h3-6,9-10H,7-8H2,1-2H3,(H2,19,21,23,25)(H2,20,22,24,26). The summed E-state index contributed by atoms with van der Waals surface area (Å²) in [6.45, 7) is 4.48. The number of amides is 4. The summed E-state index contributed by atoms with van der Waals surface area (Å²) in [5.74, 6) is 0. The van der Waals surface area contributed by atoms with Gasteiger partial charge in [0, 0.05) is 23.8 Å². The van der Waals surface area contributed by atoms with Crippen molar-refractivity contribution in [1.82, 2.24) is 20.6 Å². The number of nitrogens with zero attached hydrogens (tertiary/aromatic N) is 2. The molecule has 3 aromatic rings. The van der Waals surface area contributed by atoms with Gasteiger partial charge >= 0.3 is 12.1 Å². The van der Waals surface area contributed by atoms with E-state index >= 15 is 0 Å². The molecule has 2 heterocycles. The van der Waals surface area contributed by atoms with Crippen LogP contribution in [-0.4, -0.2) is 22.0 Å². The Bertz CT molecular complexity index is 895. The highest BCUT2D eigenvalue weighted by Gasteiger charge is 2.07. The zero-order valence-corrected chi connectivity index (χ0v) is 17.0. The summed E-state index contributed by atoms with van der Waals surface area (Å²) >= 11 is 2.76. The Morgan fingerprint density at radius 3 is 1.71 bits per heavy atom. The molecule has 4 amide bonds. The summed E-state index contributed by atoms with van der Waals surface area (Å²) in [5.41, 5.74) is 3.60. The number of hydrogen-bond donors (Lipinski definition) is 4. The van der Waals surface area contributed by atoms with Crippen molar-refractivity contribution in [3.05, 3.63) is 57.5 Å². The molecule has 0 bridgehead atoms. The summed E-state index contributed by atoms with van der Waals surface area (Å²) in [4.78, 5) is 32.3. The quantitative estimate of drug-likeness (QED) is 0.489. The number of hydrogen-bond acceptors (Lipinski definition) is 6. The molecule has 0 radical (unpaired) electrons. The molecule has 4 N–H and O–H groups in total. The van der Waals surface area contributed by atoms with Crippen molar-refractivity contribution in [3.63, 3.8) is 0 Å². The number of benzene rings is 1. The Hall–Kier alpha value is -2.98. The van der Waals surface area contributed by atoms with Crippen molar-refractivity contribution in [2.24, 2.45) is 0 Å². The highest BCUT2D eigenvalue weighted by Crippen LogP contribution is 2.15. The number of anilines is 2. The number of carbonyl (C=O) groups excluding carboxylic acids is 2. The van der Waals surface area contributed by atoms with Crippen molar-refractivity contribution in [2.45, 2.75) is 26.9 Å². The third kappa shape index (κ3) is 6.03. The van der Waals surface area contributed by atoms with Crippen LogP contribution in [0.2, 0.25) is 0 Å². The Labute approximate surface area is 170 Å². The number of nitrogens with one attached hydrogen (secondary N) is 4. The van der Waals surface area contributed by atoms with Crippen LogP contribution in [0.4, 0.5) is 19.9 Å². The molecular formula is C18H20N6O2S2. The first-order valence-electron chi connectivity index (χ1n) is 8.50. The SMILES string of the molecule is Cc1csc(NC(=O)NCc2cccc(CNC(=O)Nc3nc(C)cs3)c2)n1. The van der Waals surface area contributed by atoms with Crippen LogP contribution in [0.25, 0.3) is 0 Å². The van der Waals surface area contributed by atoms with E-state index in [2.05, 4.69) is 31.2 Å². The summed E-state index contributed by atoms with van der Waals surface area (Å²) < 4.78 is 0. The average molecular weight is 417 g/mol. The topological polar surface area (TPSA) is 108 Å². The van der Waals surface area contributed by atoms with Gasteiger partial charge in [-0.15, -0.1) is 22.7 Å². The highest BCUT2D eigenvalue weighted by atomic mass is 32.1. The minimum absolute atomic E-state index is 0.309. The van der Waals surface area contributed by atoms with Crippen LogP contribution >= 0.6 is 22.7 Å². The number of aryl methyl sites for hydroxylation is 2. The smallest absolute Gasteiger partial charge is 0.321 e. The lowest BCUT2D eigenvalue weighted by atomic mass is 10.1. The highest BCUT2D eigenvalue weighted by molar-refractivity contribution is 7.14. The lowest BCUT2D eigenvalue weighted by Gasteiger charge is -2.09. The average Bonchev–Trinajstić information content (AvgIpc) is 3.26. The maximum atomic E-state index is 11.9. The molecule has 3 rings (SSSR count). The van der Waals surface area contributed by atoms with E-state index < -0.39 is 0 Å². The fraction of sp³-hybridized carbons (Fsp3) is 0.222. The Kier molecular flexibility index (Phi) is 6.56. The van der Waals surface area contributed by atoms with Crippen LogP contribution in [0.5, 0.6) is 0 Å². The van der Waals surface area contributed by atoms with Gasteiger partial charge in [-0.3, -0.25) is 10.6 Å². The lowest BCUT2D eigenvalue weighted by Crippen LogP contribution is -2.29. The fourth-order valence-electron chi connectivity index (χ4n) is 2.32. The molecule has 0 atom stereocenters. The van der Waals surface area contributed by atoms with E-state index in [1.54, 1.807) is 0 Å². The first-order valence-corrected chi connectivity index (χ1v) is 10.3. The molecule has 8 nitrogen and oxygen atoms in total. The molecule has 0 aliphatic rings. The van der Waals surface area contributed by atoms with Crippen LogP contribution in [0, 0.1) is 13.8 Å². The zero-order valence-electron chi connectivity index (χ0n) is 15.4. The molecule has 0 saturated heterocycles. The van der Waals surface area contributed by atoms with Gasteiger partial charge in [0.2, 0.25) is 0 Å². The summed E-state index contributed by atoms with van der Waals surface area (Å²) in [5, 5.41) is 15.9. The first kappa shape index (κ1) is 19.8. The van der Waals surface area contributed by atoms with Gasteiger partial charge in [-0.2, -0.15) is 0 Å². The van der Waals surface area contributed by atoms with Gasteiger partial charge in [0.15, 0.2) is 10.3 Å². The third-order valence-corrected chi connectivity index (χ3v) is 5.33. The maximum absolute atomic E-state index is 11.9. The number of carbonyl (C=O) groups is 2. The number of aromatic nitrogens is 2. The summed E-state index contributed by atoms with van der Waals surface area (Å²) in [7, 11) is 0. The van der Waals surface area contributed by atoms with Crippen LogP contribution < -0.4 is 21.3 Å². The van der Waals surface area contributed by atoms with E-state index in [4.69, 9.17) is 0 Å². The van der Waals surface area contributed by atoms with Crippen LogP contribution in [-0.2, 0) is 13.1 Å². The van der Waals surface area contributed by atoms with E-state index in [0.717, 1.165) is 22.5 Å². The second-order valence-electron chi connectivity index (χ2n) is 6.02. The lowest BCUT2D eigenvalue weighted by molar-refractivity contribution is 0.251. The molecule has 0 fully saturated rings. The molecule has 0 aliphatic carbocycles. The molecule has 2 aromatic heterocycles. The van der Waals surface area contributed by atoms with Crippen molar-refractivity contribution in [1.29, 1.82) is 0 Å². The monoisotopic (exact) mass is 416 g/mol. The van der Waals surface area contributed by atoms with E-state index in [1.807, 2.05) is 48.9 Å². The van der Waals surface area contributed by atoms with Crippen molar-refractivity contribution in [3.8, 4) is 0 Å². The van der Waals surface area contributed by atoms with Crippen LogP contribution in [0.15, 0.2) is 35.0 Å². The van der Waals surface area contributed by atoms with Gasteiger partial charge in [-0.05, 0) is 25.0 Å². The molecule has 28 heavy (non-hydrogen) atoms.